The van der Waals surface area contributed by atoms with E-state index < -0.39 is 5.97 Å². The molecule has 0 aliphatic rings. The van der Waals surface area contributed by atoms with Gasteiger partial charge in [0.05, 0.1) is 19.2 Å². The van der Waals surface area contributed by atoms with Crippen LogP contribution in [0.4, 0.5) is 0 Å². The number of hydrogen-bond donors (Lipinski definition) is 0. The van der Waals surface area contributed by atoms with E-state index in [1.54, 1.807) is 28.8 Å². The van der Waals surface area contributed by atoms with E-state index in [1.165, 1.54) is 14.0 Å². The number of rotatable bonds is 4. The van der Waals surface area contributed by atoms with E-state index in [2.05, 4.69) is 0 Å². The van der Waals surface area contributed by atoms with Gasteiger partial charge in [-0.05, 0) is 41.5 Å². The zero-order valence-corrected chi connectivity index (χ0v) is 16.3. The van der Waals surface area contributed by atoms with Gasteiger partial charge >= 0.3 is 5.97 Å². The summed E-state index contributed by atoms with van der Waals surface area (Å²) in [7, 11) is 1.32. The highest BCUT2D eigenvalue weighted by atomic mass is 35.5. The van der Waals surface area contributed by atoms with E-state index in [0.717, 1.165) is 16.7 Å². The molecule has 2 aromatic carbocycles. The molecule has 1 heterocycles. The second kappa shape index (κ2) is 7.99. The molecule has 0 amide bonds. The molecule has 0 radical (unpaired) electrons. The van der Waals surface area contributed by atoms with Gasteiger partial charge in [0.15, 0.2) is 0 Å². The van der Waals surface area contributed by atoms with Gasteiger partial charge in [0.2, 0.25) is 5.91 Å². The summed E-state index contributed by atoms with van der Waals surface area (Å²) >= 11 is 12.0. The summed E-state index contributed by atoms with van der Waals surface area (Å²) in [6, 6.07) is 16.4. The third-order valence-electron chi connectivity index (χ3n) is 4.22. The van der Waals surface area contributed by atoms with Gasteiger partial charge in [0, 0.05) is 28.2 Å². The third kappa shape index (κ3) is 4.07. The fraction of sp³-hybridized carbons (Fsp3) is 0.143. The number of methoxy groups -OCH3 is 1. The van der Waals surface area contributed by atoms with Crippen molar-refractivity contribution in [2.45, 2.75) is 13.3 Å². The van der Waals surface area contributed by atoms with E-state index in [0.29, 0.717) is 21.4 Å². The molecular formula is C21H17Cl2NO3. The molecule has 0 saturated carbocycles. The van der Waals surface area contributed by atoms with Crippen molar-refractivity contribution in [2.75, 3.05) is 7.11 Å². The lowest BCUT2D eigenvalue weighted by molar-refractivity contribution is -0.139. The minimum atomic E-state index is -0.416. The average molecular weight is 402 g/mol. The van der Waals surface area contributed by atoms with Crippen LogP contribution in [0.25, 0.3) is 22.4 Å². The highest BCUT2D eigenvalue weighted by Crippen LogP contribution is 2.36. The first kappa shape index (κ1) is 19.2. The molecule has 0 aliphatic heterocycles. The van der Waals surface area contributed by atoms with Crippen LogP contribution in [0.15, 0.2) is 54.6 Å². The topological polar surface area (TPSA) is 48.3 Å². The first-order valence-corrected chi connectivity index (χ1v) is 9.00. The Morgan fingerprint density at radius 3 is 1.93 bits per heavy atom. The number of hydrogen-bond acceptors (Lipinski definition) is 3. The van der Waals surface area contributed by atoms with Gasteiger partial charge in [-0.1, -0.05) is 47.5 Å². The second-order valence-corrected chi connectivity index (χ2v) is 6.89. The maximum atomic E-state index is 12.5. The van der Waals surface area contributed by atoms with Gasteiger partial charge in [0.25, 0.3) is 0 Å². The Hall–Kier alpha value is -2.56. The van der Waals surface area contributed by atoms with Crippen molar-refractivity contribution < 1.29 is 14.3 Å². The smallest absolute Gasteiger partial charge is 0.311 e. The summed E-state index contributed by atoms with van der Waals surface area (Å²) in [5.74, 6) is -0.612. The molecule has 1 aromatic heterocycles. The molecule has 3 aromatic rings. The molecule has 0 bridgehead atoms. The number of carbonyl (C=O) groups excluding carboxylic acids is 2. The van der Waals surface area contributed by atoms with Crippen LogP contribution >= 0.6 is 23.2 Å². The predicted octanol–water partition coefficient (Wildman–Crippen LogP) is 5.50. The minimum Gasteiger partial charge on any atom is -0.469 e. The van der Waals surface area contributed by atoms with E-state index in [4.69, 9.17) is 27.9 Å². The molecule has 0 unspecified atom stereocenters. The number of carbonyl (C=O) groups is 2. The van der Waals surface area contributed by atoms with Crippen LogP contribution in [0.5, 0.6) is 0 Å². The van der Waals surface area contributed by atoms with Crippen LogP contribution < -0.4 is 0 Å². The SMILES string of the molecule is COC(=O)Cc1cc(-c2ccc(Cl)cc2)c(-c2ccc(Cl)cc2)n1C(C)=O. The van der Waals surface area contributed by atoms with E-state index in [1.807, 2.05) is 30.3 Å². The van der Waals surface area contributed by atoms with Gasteiger partial charge in [-0.3, -0.25) is 14.2 Å². The molecule has 138 valence electrons. The van der Waals surface area contributed by atoms with Crippen LogP contribution in [0, 0.1) is 0 Å². The fourth-order valence-electron chi connectivity index (χ4n) is 3.02. The van der Waals surface area contributed by atoms with Crippen molar-refractivity contribution in [3.05, 3.63) is 70.3 Å². The van der Waals surface area contributed by atoms with Crippen LogP contribution in [-0.2, 0) is 16.0 Å². The number of aromatic nitrogens is 1. The van der Waals surface area contributed by atoms with Crippen LogP contribution in [-0.4, -0.2) is 23.6 Å². The summed E-state index contributed by atoms with van der Waals surface area (Å²) in [5, 5.41) is 1.22. The molecule has 0 saturated heterocycles. The van der Waals surface area contributed by atoms with Crippen molar-refractivity contribution >= 4 is 35.1 Å². The molecule has 4 nitrogen and oxygen atoms in total. The standard InChI is InChI=1S/C21H17Cl2NO3/c1-13(25)24-18(12-20(26)27-2)11-19(14-3-7-16(22)8-4-14)21(24)15-5-9-17(23)10-6-15/h3-11H,12H2,1-2H3. The summed E-state index contributed by atoms with van der Waals surface area (Å²) in [4.78, 5) is 24.3. The van der Waals surface area contributed by atoms with Crippen LogP contribution in [0.2, 0.25) is 10.0 Å². The maximum Gasteiger partial charge on any atom is 0.311 e. The number of benzene rings is 2. The van der Waals surface area contributed by atoms with Crippen LogP contribution in [0.1, 0.15) is 17.4 Å². The molecule has 0 aliphatic carbocycles. The van der Waals surface area contributed by atoms with Gasteiger partial charge in [0.1, 0.15) is 0 Å². The number of esters is 1. The quantitative estimate of drug-likeness (QED) is 0.541. The minimum absolute atomic E-state index is 0.00966. The summed E-state index contributed by atoms with van der Waals surface area (Å²) in [5.41, 5.74) is 3.78. The molecule has 27 heavy (non-hydrogen) atoms. The van der Waals surface area contributed by atoms with Crippen LogP contribution in [0.3, 0.4) is 0 Å². The highest BCUT2D eigenvalue weighted by Gasteiger charge is 2.22. The highest BCUT2D eigenvalue weighted by molar-refractivity contribution is 6.31. The second-order valence-electron chi connectivity index (χ2n) is 6.02. The molecule has 0 fully saturated rings. The summed E-state index contributed by atoms with van der Waals surface area (Å²) in [6.07, 6.45) is -0.00966. The Morgan fingerprint density at radius 1 is 0.926 bits per heavy atom. The Morgan fingerprint density at radius 2 is 1.44 bits per heavy atom. The first-order chi connectivity index (χ1) is 12.9. The Bertz CT molecular complexity index is 990. The normalized spacial score (nSPS) is 10.7. The Balaban J connectivity index is 2.28. The maximum absolute atomic E-state index is 12.5. The summed E-state index contributed by atoms with van der Waals surface area (Å²) in [6.45, 7) is 1.46. The van der Waals surface area contributed by atoms with Gasteiger partial charge in [-0.25, -0.2) is 0 Å². The Labute approximate surface area is 167 Å². The van der Waals surface area contributed by atoms with E-state index in [9.17, 15) is 9.59 Å². The lowest BCUT2D eigenvalue weighted by Crippen LogP contribution is -2.15. The van der Waals surface area contributed by atoms with E-state index >= 15 is 0 Å². The van der Waals surface area contributed by atoms with Crippen molar-refractivity contribution in [1.82, 2.24) is 4.57 Å². The fourth-order valence-corrected chi connectivity index (χ4v) is 3.27. The Kier molecular flexibility index (Phi) is 5.68. The summed E-state index contributed by atoms with van der Waals surface area (Å²) < 4.78 is 6.33. The van der Waals surface area contributed by atoms with E-state index in [-0.39, 0.29) is 12.3 Å². The molecule has 0 spiro atoms. The zero-order valence-electron chi connectivity index (χ0n) is 14.8. The number of ether oxygens (including phenoxy) is 1. The zero-order chi connectivity index (χ0) is 19.6. The molecular weight excluding hydrogens is 385 g/mol. The molecule has 0 N–H and O–H groups in total. The third-order valence-corrected chi connectivity index (χ3v) is 4.72. The lowest BCUT2D eigenvalue weighted by Gasteiger charge is -2.12. The largest absolute Gasteiger partial charge is 0.469 e. The van der Waals surface area contributed by atoms with Crippen molar-refractivity contribution in [3.63, 3.8) is 0 Å². The van der Waals surface area contributed by atoms with Gasteiger partial charge in [-0.15, -0.1) is 0 Å². The first-order valence-electron chi connectivity index (χ1n) is 8.25. The van der Waals surface area contributed by atoms with Gasteiger partial charge < -0.3 is 4.74 Å². The van der Waals surface area contributed by atoms with Gasteiger partial charge in [-0.2, -0.15) is 0 Å². The number of halogens is 2. The van der Waals surface area contributed by atoms with Crippen molar-refractivity contribution in [1.29, 1.82) is 0 Å². The van der Waals surface area contributed by atoms with Crippen molar-refractivity contribution in [2.24, 2.45) is 0 Å². The average Bonchev–Trinajstić information content (AvgIpc) is 3.02. The predicted molar refractivity (Wildman–Crippen MR) is 107 cm³/mol. The van der Waals surface area contributed by atoms with Crippen molar-refractivity contribution in [3.8, 4) is 22.4 Å². The molecule has 0 atom stereocenters. The molecule has 6 heteroatoms. The lowest BCUT2D eigenvalue weighted by atomic mass is 10.0. The monoisotopic (exact) mass is 401 g/mol. The molecule has 3 rings (SSSR count). The number of nitrogens with zero attached hydrogens (tertiary/aromatic N) is 1.